The van der Waals surface area contributed by atoms with E-state index in [1.165, 1.54) is 89.2 Å². The summed E-state index contributed by atoms with van der Waals surface area (Å²) >= 11 is 0. The van der Waals surface area contributed by atoms with E-state index in [-0.39, 0.29) is 6.71 Å². The Balaban J connectivity index is 1.01. The van der Waals surface area contributed by atoms with Crippen LogP contribution in [-0.4, -0.2) is 16.7 Å². The van der Waals surface area contributed by atoms with E-state index in [0.29, 0.717) is 0 Å². The number of para-hydroxylation sites is 3. The molecule has 5 heteroatoms. The fraction of sp³-hybridized carbons (Fsp3) is 0.0303. The van der Waals surface area contributed by atoms with Crippen LogP contribution in [0.15, 0.2) is 243 Å². The zero-order valence-electron chi connectivity index (χ0n) is 39.0. The number of pyridine rings is 2. The molecule has 4 aliphatic rings. The summed E-state index contributed by atoms with van der Waals surface area (Å²) in [6.45, 7) is 2.24. The van der Waals surface area contributed by atoms with Gasteiger partial charge in [-0.15, -0.1) is 0 Å². The highest BCUT2D eigenvalue weighted by atomic mass is 15.2. The fourth-order valence-corrected chi connectivity index (χ4v) is 12.8. The minimum Gasteiger partial charge on any atom is -0.311 e. The number of benzene rings is 9. The molecule has 11 aromatic rings. The minimum atomic E-state index is -0.597. The SMILES string of the molecule is Cc1cc2c3c(c1)N(c1ccccc1)c1cc4c(cc1B3c1ccccc1N2c1ccccc1)-c1ccccc1C41c2ccccc2-c2ccc(-c3cc(-c4ccccn4)cc(-c4ccccn4)c3)cc21. The Labute approximate surface area is 413 Å². The lowest BCUT2D eigenvalue weighted by atomic mass is 9.33. The molecule has 0 amide bonds. The van der Waals surface area contributed by atoms with Crippen LogP contribution in [-0.2, 0) is 5.41 Å². The molecule has 2 aliphatic carbocycles. The van der Waals surface area contributed by atoms with Crippen molar-refractivity contribution in [2.75, 3.05) is 9.80 Å². The lowest BCUT2D eigenvalue weighted by Crippen LogP contribution is -2.61. The average Bonchev–Trinajstić information content (AvgIpc) is 3.89. The Bertz CT molecular complexity index is 3910. The molecule has 330 valence electrons. The summed E-state index contributed by atoms with van der Waals surface area (Å²) in [5.74, 6) is 0. The zero-order chi connectivity index (χ0) is 46.8. The van der Waals surface area contributed by atoms with E-state index in [1.54, 1.807) is 0 Å². The molecule has 4 heterocycles. The Morgan fingerprint density at radius 2 is 0.873 bits per heavy atom. The van der Waals surface area contributed by atoms with Gasteiger partial charge in [-0.25, -0.2) is 0 Å². The second kappa shape index (κ2) is 15.2. The number of rotatable bonds is 5. The van der Waals surface area contributed by atoms with Crippen LogP contribution in [0, 0.1) is 6.92 Å². The molecule has 0 bridgehead atoms. The molecule has 2 aromatic heterocycles. The third kappa shape index (κ3) is 5.69. The van der Waals surface area contributed by atoms with Gasteiger partial charge in [0.1, 0.15) is 0 Å². The highest BCUT2D eigenvalue weighted by molar-refractivity contribution is 7.00. The molecular formula is C66H43BN4. The summed E-state index contributed by atoms with van der Waals surface area (Å²) in [5, 5.41) is 0. The second-order valence-corrected chi connectivity index (χ2v) is 19.3. The van der Waals surface area contributed by atoms with Crippen molar-refractivity contribution in [3.8, 4) is 55.9 Å². The summed E-state index contributed by atoms with van der Waals surface area (Å²) in [5.41, 5.74) is 28.3. The van der Waals surface area contributed by atoms with Gasteiger partial charge in [0, 0.05) is 57.6 Å². The first-order valence-electron chi connectivity index (χ1n) is 24.6. The highest BCUT2D eigenvalue weighted by Gasteiger charge is 2.53. The Kier molecular flexibility index (Phi) is 8.55. The van der Waals surface area contributed by atoms with Crippen molar-refractivity contribution in [3.63, 3.8) is 0 Å². The lowest BCUT2D eigenvalue weighted by Gasteiger charge is -2.45. The topological polar surface area (TPSA) is 32.3 Å². The van der Waals surface area contributed by atoms with Crippen molar-refractivity contribution >= 4 is 57.2 Å². The quantitative estimate of drug-likeness (QED) is 0.161. The van der Waals surface area contributed by atoms with Gasteiger partial charge in [0.25, 0.3) is 6.71 Å². The van der Waals surface area contributed by atoms with Gasteiger partial charge in [-0.05, 0) is 182 Å². The van der Waals surface area contributed by atoms with Crippen molar-refractivity contribution in [3.05, 3.63) is 271 Å². The summed E-state index contributed by atoms with van der Waals surface area (Å²) in [6.07, 6.45) is 3.74. The van der Waals surface area contributed by atoms with Crippen LogP contribution in [0.2, 0.25) is 0 Å². The predicted molar refractivity (Wildman–Crippen MR) is 293 cm³/mol. The van der Waals surface area contributed by atoms with Crippen molar-refractivity contribution in [1.29, 1.82) is 0 Å². The monoisotopic (exact) mass is 902 g/mol. The van der Waals surface area contributed by atoms with Crippen molar-refractivity contribution in [2.24, 2.45) is 0 Å². The predicted octanol–water partition coefficient (Wildman–Crippen LogP) is 14.2. The third-order valence-electron chi connectivity index (χ3n) is 15.5. The first-order valence-corrected chi connectivity index (χ1v) is 24.6. The van der Waals surface area contributed by atoms with Gasteiger partial charge in [0.05, 0.1) is 16.8 Å². The highest BCUT2D eigenvalue weighted by Crippen LogP contribution is 2.64. The molecular weight excluding hydrogens is 860 g/mol. The van der Waals surface area contributed by atoms with E-state index in [2.05, 4.69) is 235 Å². The number of nitrogens with zero attached hydrogens (tertiary/aromatic N) is 4. The maximum absolute atomic E-state index is 4.82. The number of fused-ring (bicyclic) bond motifs is 14. The van der Waals surface area contributed by atoms with E-state index < -0.39 is 5.41 Å². The molecule has 4 nitrogen and oxygen atoms in total. The standard InChI is InChI=1S/C66H43BN4/c1-42-34-63-65-64(35-42)71(48-20-6-3-7-21-48)62-41-56-52(40-58(62)67(65)57-26-12-13-29-61(57)70(63)47-18-4-2-5-19-47)50-23-9-11-25-54(50)66(56)53-24-10-8-22-49(53)51-31-30-43(39-55(51)66)44-36-45(59-27-14-16-32-68-59)38-46(37-44)60-28-15-17-33-69-60/h2-41H,1H3. The molecule has 1 spiro atoms. The summed E-state index contributed by atoms with van der Waals surface area (Å²) in [7, 11) is 0. The molecule has 15 rings (SSSR count). The van der Waals surface area contributed by atoms with E-state index in [1.807, 2.05) is 24.5 Å². The molecule has 9 aromatic carbocycles. The summed E-state index contributed by atoms with van der Waals surface area (Å²) < 4.78 is 0. The van der Waals surface area contributed by atoms with E-state index in [4.69, 9.17) is 9.97 Å². The normalized spacial score (nSPS) is 15.1. The molecule has 1 unspecified atom stereocenters. The molecule has 0 saturated carbocycles. The Hall–Kier alpha value is -9.06. The van der Waals surface area contributed by atoms with Crippen molar-refractivity contribution < 1.29 is 0 Å². The third-order valence-corrected chi connectivity index (χ3v) is 15.5. The number of aromatic nitrogens is 2. The molecule has 0 N–H and O–H groups in total. The molecule has 0 saturated heterocycles. The van der Waals surface area contributed by atoms with Gasteiger partial charge in [0.15, 0.2) is 0 Å². The number of hydrogen-bond acceptors (Lipinski definition) is 4. The number of hydrogen-bond donors (Lipinski definition) is 0. The largest absolute Gasteiger partial charge is 0.311 e. The molecule has 1 atom stereocenters. The second-order valence-electron chi connectivity index (χ2n) is 19.3. The van der Waals surface area contributed by atoms with Gasteiger partial charge in [-0.3, -0.25) is 9.97 Å². The number of aryl methyl sites for hydroxylation is 1. The fourth-order valence-electron chi connectivity index (χ4n) is 12.8. The van der Waals surface area contributed by atoms with Crippen LogP contribution < -0.4 is 26.2 Å². The van der Waals surface area contributed by atoms with Crippen LogP contribution in [0.25, 0.3) is 55.9 Å². The minimum absolute atomic E-state index is 0.00447. The molecule has 0 radical (unpaired) electrons. The zero-order valence-corrected chi connectivity index (χ0v) is 39.0. The van der Waals surface area contributed by atoms with Crippen LogP contribution in [0.1, 0.15) is 27.8 Å². The molecule has 2 aliphatic heterocycles. The van der Waals surface area contributed by atoms with Crippen molar-refractivity contribution in [2.45, 2.75) is 12.3 Å². The van der Waals surface area contributed by atoms with Crippen molar-refractivity contribution in [1.82, 2.24) is 9.97 Å². The first kappa shape index (κ1) is 39.9. The van der Waals surface area contributed by atoms with Gasteiger partial charge in [-0.1, -0.05) is 133 Å². The Morgan fingerprint density at radius 1 is 0.352 bits per heavy atom. The number of anilines is 6. The van der Waals surface area contributed by atoms with Crippen LogP contribution >= 0.6 is 0 Å². The van der Waals surface area contributed by atoms with E-state index in [9.17, 15) is 0 Å². The maximum atomic E-state index is 4.82. The summed E-state index contributed by atoms with van der Waals surface area (Å²) in [6, 6.07) is 85.6. The molecule has 0 fully saturated rings. The average molecular weight is 903 g/mol. The summed E-state index contributed by atoms with van der Waals surface area (Å²) in [4.78, 5) is 14.7. The first-order chi connectivity index (χ1) is 35.1. The smallest absolute Gasteiger partial charge is 0.252 e. The van der Waals surface area contributed by atoms with Crippen LogP contribution in [0.4, 0.5) is 34.1 Å². The van der Waals surface area contributed by atoms with Gasteiger partial charge in [0.2, 0.25) is 0 Å². The van der Waals surface area contributed by atoms with Crippen LogP contribution in [0.5, 0.6) is 0 Å². The maximum Gasteiger partial charge on any atom is 0.252 e. The van der Waals surface area contributed by atoms with Gasteiger partial charge >= 0.3 is 0 Å². The van der Waals surface area contributed by atoms with Crippen LogP contribution in [0.3, 0.4) is 0 Å². The van der Waals surface area contributed by atoms with Gasteiger partial charge in [-0.2, -0.15) is 0 Å². The molecule has 71 heavy (non-hydrogen) atoms. The van der Waals surface area contributed by atoms with Gasteiger partial charge < -0.3 is 9.80 Å². The van der Waals surface area contributed by atoms with E-state index in [0.717, 1.165) is 45.0 Å². The Morgan fingerprint density at radius 3 is 1.51 bits per heavy atom. The lowest BCUT2D eigenvalue weighted by molar-refractivity contribution is 0.794. The van der Waals surface area contributed by atoms with E-state index >= 15 is 0 Å².